The average molecular weight is 257 g/mol. The van der Waals surface area contributed by atoms with Crippen LogP contribution >= 0.6 is 0 Å². The molecule has 2 aromatic rings. The largest absolute Gasteiger partial charge is 0.361 e. The summed E-state index contributed by atoms with van der Waals surface area (Å²) in [6.45, 7) is 5.53. The maximum absolute atomic E-state index is 12.3. The molecule has 1 amide bonds. The van der Waals surface area contributed by atoms with E-state index in [4.69, 9.17) is 0 Å². The molecule has 4 nitrogen and oxygen atoms in total. The summed E-state index contributed by atoms with van der Waals surface area (Å²) < 4.78 is 0. The van der Waals surface area contributed by atoms with Crippen molar-refractivity contribution in [1.29, 1.82) is 0 Å². The molecule has 0 bridgehead atoms. The van der Waals surface area contributed by atoms with Crippen molar-refractivity contribution < 1.29 is 4.79 Å². The van der Waals surface area contributed by atoms with Gasteiger partial charge >= 0.3 is 0 Å². The van der Waals surface area contributed by atoms with E-state index in [1.807, 2.05) is 17.2 Å². The van der Waals surface area contributed by atoms with E-state index in [1.165, 1.54) is 10.9 Å². The van der Waals surface area contributed by atoms with Crippen LogP contribution in [-0.4, -0.2) is 42.0 Å². The molecule has 2 N–H and O–H groups in total. The number of benzene rings is 1. The number of carbonyl (C=O) groups excluding carboxylic acids is 1. The van der Waals surface area contributed by atoms with Crippen molar-refractivity contribution in [1.82, 2.24) is 15.2 Å². The van der Waals surface area contributed by atoms with Gasteiger partial charge in [0.15, 0.2) is 0 Å². The highest BCUT2D eigenvalue weighted by Gasteiger charge is 2.17. The van der Waals surface area contributed by atoms with Gasteiger partial charge in [-0.05, 0) is 18.1 Å². The van der Waals surface area contributed by atoms with Crippen LogP contribution in [0, 0.1) is 6.92 Å². The van der Waals surface area contributed by atoms with E-state index in [1.54, 1.807) is 0 Å². The fourth-order valence-corrected chi connectivity index (χ4v) is 2.70. The first kappa shape index (κ1) is 12.2. The van der Waals surface area contributed by atoms with Crippen molar-refractivity contribution in [3.63, 3.8) is 0 Å². The first-order valence-electron chi connectivity index (χ1n) is 6.80. The fourth-order valence-electron chi connectivity index (χ4n) is 2.70. The van der Waals surface area contributed by atoms with Crippen molar-refractivity contribution in [2.75, 3.05) is 26.2 Å². The van der Waals surface area contributed by atoms with Crippen molar-refractivity contribution in [3.05, 3.63) is 35.5 Å². The molecular formula is C15H19N3O. The van der Waals surface area contributed by atoms with Gasteiger partial charge in [0, 0.05) is 43.3 Å². The van der Waals surface area contributed by atoms with E-state index in [2.05, 4.69) is 29.4 Å². The summed E-state index contributed by atoms with van der Waals surface area (Å²) in [4.78, 5) is 17.5. The minimum absolute atomic E-state index is 0.226. The Balaban J connectivity index is 1.81. The molecular weight excluding hydrogens is 238 g/mol. The molecule has 4 heteroatoms. The maximum Gasteiger partial charge on any atom is 0.227 e. The van der Waals surface area contributed by atoms with Crippen LogP contribution < -0.4 is 5.32 Å². The number of aromatic nitrogens is 1. The van der Waals surface area contributed by atoms with Gasteiger partial charge in [0.05, 0.1) is 6.42 Å². The molecule has 19 heavy (non-hydrogen) atoms. The van der Waals surface area contributed by atoms with Gasteiger partial charge in [0.2, 0.25) is 5.91 Å². The van der Waals surface area contributed by atoms with E-state index >= 15 is 0 Å². The molecule has 100 valence electrons. The molecule has 0 aliphatic carbocycles. The number of nitrogens with one attached hydrogen (secondary N) is 2. The normalized spacial score (nSPS) is 15.9. The Kier molecular flexibility index (Phi) is 3.25. The van der Waals surface area contributed by atoms with Gasteiger partial charge in [0.1, 0.15) is 0 Å². The van der Waals surface area contributed by atoms with Crippen LogP contribution in [0.25, 0.3) is 10.9 Å². The molecule has 0 spiro atoms. The lowest BCUT2D eigenvalue weighted by Gasteiger charge is -2.27. The van der Waals surface area contributed by atoms with Crippen molar-refractivity contribution in [2.45, 2.75) is 13.3 Å². The predicted octanol–water partition coefficient (Wildman–Crippen LogP) is 1.45. The summed E-state index contributed by atoms with van der Waals surface area (Å²) in [5.41, 5.74) is 3.46. The Morgan fingerprint density at radius 1 is 1.32 bits per heavy atom. The Bertz CT molecular complexity index is 596. The number of hydrogen-bond acceptors (Lipinski definition) is 2. The number of hydrogen-bond donors (Lipinski definition) is 2. The predicted molar refractivity (Wildman–Crippen MR) is 76.2 cm³/mol. The van der Waals surface area contributed by atoms with Crippen molar-refractivity contribution in [3.8, 4) is 0 Å². The second-order valence-corrected chi connectivity index (χ2v) is 5.12. The Morgan fingerprint density at radius 3 is 2.89 bits per heavy atom. The van der Waals surface area contributed by atoms with Gasteiger partial charge in [0.25, 0.3) is 0 Å². The zero-order chi connectivity index (χ0) is 13.2. The van der Waals surface area contributed by atoms with Crippen LogP contribution in [-0.2, 0) is 11.2 Å². The number of aryl methyl sites for hydroxylation is 1. The summed E-state index contributed by atoms with van der Waals surface area (Å²) in [6.07, 6.45) is 2.46. The lowest BCUT2D eigenvalue weighted by Crippen LogP contribution is -2.46. The number of aromatic amines is 1. The second kappa shape index (κ2) is 5.05. The highest BCUT2D eigenvalue weighted by Crippen LogP contribution is 2.22. The van der Waals surface area contributed by atoms with Gasteiger partial charge in [-0.3, -0.25) is 4.79 Å². The van der Waals surface area contributed by atoms with Crippen molar-refractivity contribution in [2.24, 2.45) is 0 Å². The van der Waals surface area contributed by atoms with E-state index in [0.29, 0.717) is 6.42 Å². The summed E-state index contributed by atoms with van der Waals surface area (Å²) in [6, 6.07) is 6.21. The van der Waals surface area contributed by atoms with Gasteiger partial charge < -0.3 is 15.2 Å². The van der Waals surface area contributed by atoms with Crippen molar-refractivity contribution >= 4 is 16.8 Å². The van der Waals surface area contributed by atoms with Crippen LogP contribution in [0.1, 0.15) is 11.1 Å². The van der Waals surface area contributed by atoms with E-state index in [0.717, 1.165) is 37.3 Å². The summed E-state index contributed by atoms with van der Waals surface area (Å²) in [7, 11) is 0. The minimum Gasteiger partial charge on any atom is -0.361 e. The summed E-state index contributed by atoms with van der Waals surface area (Å²) in [5.74, 6) is 0.226. The third-order valence-electron chi connectivity index (χ3n) is 3.82. The van der Waals surface area contributed by atoms with Crippen LogP contribution in [0.15, 0.2) is 24.4 Å². The average Bonchev–Trinajstić information content (AvgIpc) is 2.84. The standard InChI is InChI=1S/C15H19N3O/c1-11-3-2-4-13-12(10-17-15(11)13)9-14(19)18-7-5-16-6-8-18/h2-4,10,16-17H,5-9H2,1H3. The van der Waals surface area contributed by atoms with E-state index < -0.39 is 0 Å². The first-order chi connectivity index (χ1) is 9.25. The SMILES string of the molecule is Cc1cccc2c(CC(=O)N3CCNCC3)c[nH]c12. The number of amides is 1. The highest BCUT2D eigenvalue weighted by molar-refractivity contribution is 5.90. The number of rotatable bonds is 2. The zero-order valence-electron chi connectivity index (χ0n) is 11.2. The number of carbonyl (C=O) groups is 1. The smallest absolute Gasteiger partial charge is 0.227 e. The third kappa shape index (κ3) is 2.36. The number of nitrogens with zero attached hydrogens (tertiary/aromatic N) is 1. The summed E-state index contributed by atoms with van der Waals surface area (Å²) >= 11 is 0. The lowest BCUT2D eigenvalue weighted by molar-refractivity contribution is -0.131. The molecule has 1 aromatic carbocycles. The molecule has 1 aliphatic rings. The Morgan fingerprint density at radius 2 is 2.11 bits per heavy atom. The maximum atomic E-state index is 12.3. The van der Waals surface area contributed by atoms with E-state index in [9.17, 15) is 4.79 Å². The molecule has 3 rings (SSSR count). The summed E-state index contributed by atoms with van der Waals surface area (Å²) in [5, 5.41) is 4.44. The van der Waals surface area contributed by atoms with Gasteiger partial charge in [-0.2, -0.15) is 0 Å². The van der Waals surface area contributed by atoms with Crippen LogP contribution in [0.4, 0.5) is 0 Å². The highest BCUT2D eigenvalue weighted by atomic mass is 16.2. The molecule has 1 aliphatic heterocycles. The van der Waals surface area contributed by atoms with Gasteiger partial charge in [-0.15, -0.1) is 0 Å². The molecule has 0 unspecified atom stereocenters. The monoisotopic (exact) mass is 257 g/mol. The Labute approximate surface area is 112 Å². The van der Waals surface area contributed by atoms with Crippen LogP contribution in [0.5, 0.6) is 0 Å². The topological polar surface area (TPSA) is 48.1 Å². The first-order valence-corrected chi connectivity index (χ1v) is 6.80. The second-order valence-electron chi connectivity index (χ2n) is 5.12. The number of fused-ring (bicyclic) bond motifs is 1. The molecule has 0 radical (unpaired) electrons. The lowest BCUT2D eigenvalue weighted by atomic mass is 10.1. The number of piperazine rings is 1. The van der Waals surface area contributed by atoms with Crippen LogP contribution in [0.3, 0.4) is 0 Å². The number of para-hydroxylation sites is 1. The number of H-pyrrole nitrogens is 1. The van der Waals surface area contributed by atoms with Gasteiger partial charge in [-0.25, -0.2) is 0 Å². The molecule has 0 atom stereocenters. The molecule has 1 saturated heterocycles. The Hall–Kier alpha value is -1.81. The van der Waals surface area contributed by atoms with Gasteiger partial charge in [-0.1, -0.05) is 18.2 Å². The molecule has 1 aromatic heterocycles. The third-order valence-corrected chi connectivity index (χ3v) is 3.82. The zero-order valence-corrected chi connectivity index (χ0v) is 11.2. The molecule has 0 saturated carbocycles. The van der Waals surface area contributed by atoms with E-state index in [-0.39, 0.29) is 5.91 Å². The fraction of sp³-hybridized carbons (Fsp3) is 0.400. The van der Waals surface area contributed by atoms with Crippen LogP contribution in [0.2, 0.25) is 0 Å². The quantitative estimate of drug-likeness (QED) is 0.855. The molecule has 2 heterocycles. The molecule has 1 fully saturated rings. The minimum atomic E-state index is 0.226.